The average Bonchev–Trinajstić information content (AvgIpc) is 3.35. The van der Waals surface area contributed by atoms with Gasteiger partial charge in [0.15, 0.2) is 0 Å². The molecule has 1 saturated carbocycles. The van der Waals surface area contributed by atoms with E-state index in [1.54, 1.807) is 6.20 Å². The van der Waals surface area contributed by atoms with Crippen LogP contribution in [0.5, 0.6) is 11.6 Å². The number of fused-ring (bicyclic) bond motifs is 1. The van der Waals surface area contributed by atoms with Crippen molar-refractivity contribution >= 4 is 32.9 Å². The van der Waals surface area contributed by atoms with Gasteiger partial charge in [0.2, 0.25) is 11.8 Å². The summed E-state index contributed by atoms with van der Waals surface area (Å²) in [6, 6.07) is 7.53. The Bertz CT molecular complexity index is 967. The van der Waals surface area contributed by atoms with Gasteiger partial charge in [-0.2, -0.15) is 0 Å². The summed E-state index contributed by atoms with van der Waals surface area (Å²) in [7, 11) is 0. The fraction of sp³-hybridized carbons (Fsp3) is 0.333. The molecule has 1 aliphatic rings. The third kappa shape index (κ3) is 3.55. The van der Waals surface area contributed by atoms with E-state index in [2.05, 4.69) is 36.5 Å². The van der Waals surface area contributed by atoms with Crippen LogP contribution in [0.15, 0.2) is 34.9 Å². The Kier molecular flexibility index (Phi) is 4.58. The SMILES string of the molecule is CC(=O)NCc1cccnc1Oc1ccc2c(nnn2CC2CC2)c1Br. The fourth-order valence-electron chi connectivity index (χ4n) is 2.72. The lowest BCUT2D eigenvalue weighted by molar-refractivity contribution is -0.119. The molecule has 7 nitrogen and oxygen atoms in total. The number of aromatic nitrogens is 4. The van der Waals surface area contributed by atoms with E-state index in [1.807, 2.05) is 28.9 Å². The number of amides is 1. The van der Waals surface area contributed by atoms with E-state index in [9.17, 15) is 4.79 Å². The number of benzene rings is 1. The van der Waals surface area contributed by atoms with Crippen LogP contribution in [0.4, 0.5) is 0 Å². The van der Waals surface area contributed by atoms with E-state index in [0.717, 1.165) is 33.5 Å². The lowest BCUT2D eigenvalue weighted by Crippen LogP contribution is -2.19. The summed E-state index contributed by atoms with van der Waals surface area (Å²) in [6.45, 7) is 2.74. The number of carbonyl (C=O) groups excluding carboxylic acids is 1. The minimum atomic E-state index is -0.102. The Hall–Kier alpha value is -2.48. The molecule has 1 amide bonds. The molecule has 2 heterocycles. The molecule has 8 heteroatoms. The summed E-state index contributed by atoms with van der Waals surface area (Å²) in [6.07, 6.45) is 4.19. The highest BCUT2D eigenvalue weighted by Gasteiger charge is 2.24. The molecule has 134 valence electrons. The number of rotatable bonds is 6. The number of ether oxygens (including phenoxy) is 1. The van der Waals surface area contributed by atoms with Gasteiger partial charge in [0.05, 0.1) is 9.99 Å². The van der Waals surface area contributed by atoms with Gasteiger partial charge in [0.1, 0.15) is 11.3 Å². The van der Waals surface area contributed by atoms with Crippen LogP contribution in [-0.2, 0) is 17.9 Å². The van der Waals surface area contributed by atoms with Gasteiger partial charge in [-0.1, -0.05) is 11.3 Å². The van der Waals surface area contributed by atoms with Crippen molar-refractivity contribution in [2.75, 3.05) is 0 Å². The predicted molar refractivity (Wildman–Crippen MR) is 99.8 cm³/mol. The van der Waals surface area contributed by atoms with E-state index >= 15 is 0 Å². The van der Waals surface area contributed by atoms with Gasteiger partial charge in [-0.15, -0.1) is 5.10 Å². The van der Waals surface area contributed by atoms with Crippen molar-refractivity contribution in [1.82, 2.24) is 25.3 Å². The Balaban J connectivity index is 1.61. The second kappa shape index (κ2) is 7.03. The predicted octanol–water partition coefficient (Wildman–Crippen LogP) is 3.43. The summed E-state index contributed by atoms with van der Waals surface area (Å²) in [5.74, 6) is 1.68. The second-order valence-electron chi connectivity index (χ2n) is 6.44. The number of nitrogens with one attached hydrogen (secondary N) is 1. The largest absolute Gasteiger partial charge is 0.437 e. The highest BCUT2D eigenvalue weighted by atomic mass is 79.9. The van der Waals surface area contributed by atoms with Crippen molar-refractivity contribution in [3.05, 3.63) is 40.5 Å². The topological polar surface area (TPSA) is 81.9 Å². The number of nitrogens with zero attached hydrogens (tertiary/aromatic N) is 4. The molecule has 0 radical (unpaired) electrons. The van der Waals surface area contributed by atoms with E-state index in [1.165, 1.54) is 19.8 Å². The van der Waals surface area contributed by atoms with Gasteiger partial charge in [0.25, 0.3) is 0 Å². The number of hydrogen-bond donors (Lipinski definition) is 1. The van der Waals surface area contributed by atoms with Gasteiger partial charge >= 0.3 is 0 Å². The molecule has 3 aromatic rings. The molecule has 0 saturated heterocycles. The van der Waals surface area contributed by atoms with Crippen molar-refractivity contribution in [3.63, 3.8) is 0 Å². The van der Waals surface area contributed by atoms with Gasteiger partial charge in [-0.05, 0) is 52.9 Å². The zero-order chi connectivity index (χ0) is 18.1. The van der Waals surface area contributed by atoms with Crippen molar-refractivity contribution in [2.45, 2.75) is 32.9 Å². The average molecular weight is 416 g/mol. The summed E-state index contributed by atoms with van der Waals surface area (Å²) in [4.78, 5) is 15.5. The quantitative estimate of drug-likeness (QED) is 0.666. The van der Waals surface area contributed by atoms with Gasteiger partial charge in [0, 0.05) is 31.8 Å². The Morgan fingerprint density at radius 3 is 3.00 bits per heavy atom. The molecular weight excluding hydrogens is 398 g/mol. The van der Waals surface area contributed by atoms with E-state index in [4.69, 9.17) is 4.74 Å². The molecule has 1 N–H and O–H groups in total. The third-order valence-corrected chi connectivity index (χ3v) is 5.07. The van der Waals surface area contributed by atoms with Crippen molar-refractivity contribution in [3.8, 4) is 11.6 Å². The molecule has 26 heavy (non-hydrogen) atoms. The molecule has 1 aromatic carbocycles. The first-order chi connectivity index (χ1) is 12.6. The standard InChI is InChI=1S/C18H18BrN5O2/c1-11(25)21-9-13-3-2-8-20-18(13)26-15-7-6-14-17(16(15)19)22-23-24(14)10-12-4-5-12/h2-3,6-8,12H,4-5,9-10H2,1H3,(H,21,25). The molecule has 4 rings (SSSR count). The maximum atomic E-state index is 11.2. The van der Waals surface area contributed by atoms with Crippen LogP contribution in [0.3, 0.4) is 0 Å². The minimum Gasteiger partial charge on any atom is -0.437 e. The summed E-state index contributed by atoms with van der Waals surface area (Å²) in [5.41, 5.74) is 2.55. The molecule has 0 atom stereocenters. The molecular formula is C18H18BrN5O2. The molecule has 2 aromatic heterocycles. The molecule has 1 fully saturated rings. The number of halogens is 1. The normalized spacial score (nSPS) is 13.8. The van der Waals surface area contributed by atoms with Crippen LogP contribution in [0, 0.1) is 5.92 Å². The van der Waals surface area contributed by atoms with Crippen LogP contribution in [0.2, 0.25) is 0 Å². The molecule has 0 aliphatic heterocycles. The smallest absolute Gasteiger partial charge is 0.224 e. The number of hydrogen-bond acceptors (Lipinski definition) is 5. The summed E-state index contributed by atoms with van der Waals surface area (Å²) in [5, 5.41) is 11.3. The first-order valence-electron chi connectivity index (χ1n) is 8.49. The number of carbonyl (C=O) groups is 1. The third-order valence-electron chi connectivity index (χ3n) is 4.30. The maximum absolute atomic E-state index is 11.2. The van der Waals surface area contributed by atoms with Gasteiger partial charge in [-0.3, -0.25) is 4.79 Å². The zero-order valence-corrected chi connectivity index (χ0v) is 15.9. The second-order valence-corrected chi connectivity index (χ2v) is 7.23. The first-order valence-corrected chi connectivity index (χ1v) is 9.29. The van der Waals surface area contributed by atoms with Crippen LogP contribution < -0.4 is 10.1 Å². The molecule has 0 spiro atoms. The fourth-order valence-corrected chi connectivity index (χ4v) is 3.21. The Morgan fingerprint density at radius 1 is 1.38 bits per heavy atom. The van der Waals surface area contributed by atoms with Crippen molar-refractivity contribution in [2.24, 2.45) is 5.92 Å². The first kappa shape index (κ1) is 17.0. The minimum absolute atomic E-state index is 0.102. The van der Waals surface area contributed by atoms with E-state index < -0.39 is 0 Å². The van der Waals surface area contributed by atoms with Crippen LogP contribution in [-0.4, -0.2) is 25.9 Å². The van der Waals surface area contributed by atoms with Crippen molar-refractivity contribution in [1.29, 1.82) is 0 Å². The molecule has 0 unspecified atom stereocenters. The van der Waals surface area contributed by atoms with Gasteiger partial charge in [-0.25, -0.2) is 9.67 Å². The summed E-state index contributed by atoms with van der Waals surface area (Å²) < 4.78 is 8.69. The van der Waals surface area contributed by atoms with Crippen LogP contribution in [0.1, 0.15) is 25.3 Å². The molecule has 1 aliphatic carbocycles. The number of pyridine rings is 1. The van der Waals surface area contributed by atoms with Gasteiger partial charge < -0.3 is 10.1 Å². The lowest BCUT2D eigenvalue weighted by atomic mass is 10.2. The highest BCUT2D eigenvalue weighted by molar-refractivity contribution is 9.10. The Labute approximate surface area is 158 Å². The van der Waals surface area contributed by atoms with Crippen LogP contribution >= 0.6 is 15.9 Å². The van der Waals surface area contributed by atoms with Crippen LogP contribution in [0.25, 0.3) is 11.0 Å². The maximum Gasteiger partial charge on any atom is 0.224 e. The highest BCUT2D eigenvalue weighted by Crippen LogP contribution is 2.36. The summed E-state index contributed by atoms with van der Waals surface area (Å²) >= 11 is 3.58. The van der Waals surface area contributed by atoms with E-state index in [0.29, 0.717) is 18.2 Å². The van der Waals surface area contributed by atoms with Crippen molar-refractivity contribution < 1.29 is 9.53 Å². The zero-order valence-electron chi connectivity index (χ0n) is 14.3. The van der Waals surface area contributed by atoms with E-state index in [-0.39, 0.29) is 5.91 Å². The monoisotopic (exact) mass is 415 g/mol. The molecule has 0 bridgehead atoms. The lowest BCUT2D eigenvalue weighted by Gasteiger charge is -2.11. The Morgan fingerprint density at radius 2 is 2.23 bits per heavy atom.